The Bertz CT molecular complexity index is 557. The van der Waals surface area contributed by atoms with Gasteiger partial charge in [-0.3, -0.25) is 4.79 Å². The predicted molar refractivity (Wildman–Crippen MR) is 81.6 cm³/mol. The third-order valence-electron chi connectivity index (χ3n) is 3.75. The second-order valence-corrected chi connectivity index (χ2v) is 5.46. The van der Waals surface area contributed by atoms with Crippen molar-refractivity contribution in [2.45, 2.75) is 19.1 Å². The molecule has 2 heterocycles. The van der Waals surface area contributed by atoms with E-state index in [-0.39, 0.29) is 12.1 Å². The monoisotopic (exact) mass is 287 g/mol. The summed E-state index contributed by atoms with van der Waals surface area (Å²) in [5.74, 6) is 0.187. The number of fused-ring (bicyclic) bond motifs is 1. The minimum absolute atomic E-state index is 0.0554. The largest absolute Gasteiger partial charge is 0.329 e. The van der Waals surface area contributed by atoms with Crippen LogP contribution in [-0.4, -0.2) is 45.5 Å². The summed E-state index contributed by atoms with van der Waals surface area (Å²) in [6, 6.07) is 10.1. The average molecular weight is 287 g/mol. The number of hydrogen-bond acceptors (Lipinski definition) is 2. The molecule has 1 fully saturated rings. The van der Waals surface area contributed by atoms with E-state index in [0.29, 0.717) is 19.5 Å². The van der Waals surface area contributed by atoms with Gasteiger partial charge in [0.1, 0.15) is 6.17 Å². The maximum absolute atomic E-state index is 12.3. The molecular weight excluding hydrogens is 270 g/mol. The van der Waals surface area contributed by atoms with E-state index in [9.17, 15) is 4.79 Å². The van der Waals surface area contributed by atoms with Crippen LogP contribution in [0.15, 0.2) is 42.6 Å². The van der Waals surface area contributed by atoms with Gasteiger partial charge >= 0.3 is 0 Å². The van der Waals surface area contributed by atoms with Crippen LogP contribution < -0.4 is 0 Å². The van der Waals surface area contributed by atoms with E-state index >= 15 is 0 Å². The molecule has 20 heavy (non-hydrogen) atoms. The molecule has 1 aromatic carbocycles. The number of carbonyl (C=O) groups excluding carboxylic acids is 1. The molecule has 0 N–H and O–H groups in total. The van der Waals surface area contributed by atoms with Gasteiger partial charge in [0.05, 0.1) is 0 Å². The normalized spacial score (nSPS) is 22.2. The molecule has 0 radical (unpaired) electrons. The van der Waals surface area contributed by atoms with Crippen LogP contribution >= 0.6 is 12.2 Å². The summed E-state index contributed by atoms with van der Waals surface area (Å²) in [4.78, 5) is 18.2. The molecule has 104 valence electrons. The lowest BCUT2D eigenvalue weighted by atomic mass is 10.1. The van der Waals surface area contributed by atoms with E-state index < -0.39 is 0 Å². The van der Waals surface area contributed by atoms with E-state index in [2.05, 4.69) is 4.90 Å². The van der Waals surface area contributed by atoms with Crippen molar-refractivity contribution < 1.29 is 4.79 Å². The summed E-state index contributed by atoms with van der Waals surface area (Å²) >= 11 is 5.45. The fraction of sp³-hybridized carbons (Fsp3) is 0.333. The highest BCUT2D eigenvalue weighted by Crippen LogP contribution is 2.24. The van der Waals surface area contributed by atoms with Gasteiger partial charge in [-0.25, -0.2) is 0 Å². The van der Waals surface area contributed by atoms with Gasteiger partial charge in [-0.15, -0.1) is 0 Å². The third-order valence-corrected chi connectivity index (χ3v) is 4.27. The summed E-state index contributed by atoms with van der Waals surface area (Å²) in [6.45, 7) is 1.32. The van der Waals surface area contributed by atoms with E-state index in [1.54, 1.807) is 0 Å². The Morgan fingerprint density at radius 2 is 2.05 bits per heavy atom. The third kappa shape index (κ3) is 2.29. The Balaban J connectivity index is 1.86. The second kappa shape index (κ2) is 5.25. The SMILES string of the molecule is CN1C=CC2N(Cc3ccccc3)C(=O)CCN2C1=S. The van der Waals surface area contributed by atoms with E-state index in [0.717, 1.165) is 10.7 Å². The van der Waals surface area contributed by atoms with Gasteiger partial charge in [0.25, 0.3) is 0 Å². The quantitative estimate of drug-likeness (QED) is 0.775. The van der Waals surface area contributed by atoms with Crippen LogP contribution in [-0.2, 0) is 11.3 Å². The van der Waals surface area contributed by atoms with Crippen molar-refractivity contribution in [1.82, 2.24) is 14.7 Å². The zero-order valence-electron chi connectivity index (χ0n) is 11.4. The second-order valence-electron chi connectivity index (χ2n) is 5.10. The standard InChI is InChI=1S/C15H17N3OS/c1-16-9-7-13-17(15(16)20)10-8-14(19)18(13)11-12-5-3-2-4-6-12/h2-7,9,13H,8,10-11H2,1H3. The van der Waals surface area contributed by atoms with Gasteiger partial charge in [-0.05, 0) is 23.9 Å². The van der Waals surface area contributed by atoms with E-state index in [4.69, 9.17) is 12.2 Å². The molecule has 1 amide bonds. The summed E-state index contributed by atoms with van der Waals surface area (Å²) in [6.07, 6.45) is 4.45. The number of rotatable bonds is 2. The molecule has 0 bridgehead atoms. The molecule has 4 nitrogen and oxygen atoms in total. The van der Waals surface area contributed by atoms with Crippen LogP contribution in [0.2, 0.25) is 0 Å². The summed E-state index contributed by atoms with van der Waals surface area (Å²) in [5, 5.41) is 0.781. The van der Waals surface area contributed by atoms with Gasteiger partial charge < -0.3 is 14.7 Å². The average Bonchev–Trinajstić information content (AvgIpc) is 2.47. The maximum atomic E-state index is 12.3. The van der Waals surface area contributed by atoms with Crippen molar-refractivity contribution in [3.8, 4) is 0 Å². The fourth-order valence-corrected chi connectivity index (χ4v) is 2.92. The zero-order valence-corrected chi connectivity index (χ0v) is 12.2. The minimum atomic E-state index is -0.0554. The molecule has 1 saturated heterocycles. The maximum Gasteiger partial charge on any atom is 0.226 e. The minimum Gasteiger partial charge on any atom is -0.329 e. The van der Waals surface area contributed by atoms with Crippen LogP contribution in [0.1, 0.15) is 12.0 Å². The van der Waals surface area contributed by atoms with Crippen LogP contribution in [0.4, 0.5) is 0 Å². The molecular formula is C15H17N3OS. The highest BCUT2D eigenvalue weighted by Gasteiger charge is 2.36. The van der Waals surface area contributed by atoms with E-state index in [1.807, 2.05) is 59.5 Å². The lowest BCUT2D eigenvalue weighted by molar-refractivity contribution is -0.140. The Kier molecular flexibility index (Phi) is 3.44. The van der Waals surface area contributed by atoms with Crippen LogP contribution in [0.25, 0.3) is 0 Å². The first-order valence-electron chi connectivity index (χ1n) is 6.72. The molecule has 0 saturated carbocycles. The van der Waals surface area contributed by atoms with Gasteiger partial charge in [0.2, 0.25) is 5.91 Å². The van der Waals surface area contributed by atoms with Gasteiger partial charge in [0, 0.05) is 32.8 Å². The van der Waals surface area contributed by atoms with Crippen molar-refractivity contribution in [2.75, 3.05) is 13.6 Å². The molecule has 2 aliphatic rings. The summed E-state index contributed by atoms with van der Waals surface area (Å²) in [5.41, 5.74) is 1.14. The number of nitrogens with zero attached hydrogens (tertiary/aromatic N) is 3. The smallest absolute Gasteiger partial charge is 0.226 e. The molecule has 3 rings (SSSR count). The Hall–Kier alpha value is -1.88. The highest BCUT2D eigenvalue weighted by molar-refractivity contribution is 7.80. The number of hydrogen-bond donors (Lipinski definition) is 0. The Labute approximate surface area is 124 Å². The lowest BCUT2D eigenvalue weighted by Crippen LogP contribution is -2.60. The highest BCUT2D eigenvalue weighted by atomic mass is 32.1. The van der Waals surface area contributed by atoms with Crippen molar-refractivity contribution in [3.05, 3.63) is 48.2 Å². The van der Waals surface area contributed by atoms with Gasteiger partial charge in [0.15, 0.2) is 5.11 Å². The van der Waals surface area contributed by atoms with Crippen molar-refractivity contribution >= 4 is 23.2 Å². The van der Waals surface area contributed by atoms with Crippen LogP contribution in [0, 0.1) is 0 Å². The topological polar surface area (TPSA) is 26.8 Å². The van der Waals surface area contributed by atoms with Crippen molar-refractivity contribution in [2.24, 2.45) is 0 Å². The molecule has 0 aromatic heterocycles. The molecule has 2 aliphatic heterocycles. The Morgan fingerprint density at radius 1 is 1.30 bits per heavy atom. The van der Waals surface area contributed by atoms with Crippen LogP contribution in [0.3, 0.4) is 0 Å². The first kappa shape index (κ1) is 13.1. The number of amides is 1. The first-order valence-corrected chi connectivity index (χ1v) is 7.13. The van der Waals surface area contributed by atoms with Crippen LogP contribution in [0.5, 0.6) is 0 Å². The number of benzene rings is 1. The van der Waals surface area contributed by atoms with Gasteiger partial charge in [-0.1, -0.05) is 30.3 Å². The fourth-order valence-electron chi connectivity index (χ4n) is 2.66. The molecule has 0 spiro atoms. The molecule has 1 atom stereocenters. The van der Waals surface area contributed by atoms with Crippen molar-refractivity contribution in [3.63, 3.8) is 0 Å². The summed E-state index contributed by atoms with van der Waals surface area (Å²) in [7, 11) is 1.94. The molecule has 1 aromatic rings. The van der Waals surface area contributed by atoms with Gasteiger partial charge in [-0.2, -0.15) is 0 Å². The van der Waals surface area contributed by atoms with E-state index in [1.165, 1.54) is 0 Å². The zero-order chi connectivity index (χ0) is 14.1. The van der Waals surface area contributed by atoms with Crippen molar-refractivity contribution in [1.29, 1.82) is 0 Å². The number of carbonyl (C=O) groups is 1. The lowest BCUT2D eigenvalue weighted by Gasteiger charge is -2.47. The first-order chi connectivity index (χ1) is 9.66. The molecule has 1 unspecified atom stereocenters. The summed E-state index contributed by atoms with van der Waals surface area (Å²) < 4.78 is 0. The number of thiocarbonyl (C=S) groups is 1. The predicted octanol–water partition coefficient (Wildman–Crippen LogP) is 1.79. The molecule has 5 heteroatoms. The Morgan fingerprint density at radius 3 is 2.80 bits per heavy atom. The molecule has 0 aliphatic carbocycles.